The molecule has 2 saturated heterocycles. The van der Waals surface area contributed by atoms with Crippen LogP contribution in [0.3, 0.4) is 0 Å². The molecule has 3 heterocycles. The van der Waals surface area contributed by atoms with Crippen molar-refractivity contribution in [2.45, 2.75) is 50.8 Å². The number of nitrogens with one attached hydrogen (secondary N) is 2. The molecule has 5 nitrogen and oxygen atoms in total. The lowest BCUT2D eigenvalue weighted by Crippen LogP contribution is -2.39. The maximum Gasteiger partial charge on any atom is 0.224 e. The lowest BCUT2D eigenvalue weighted by Gasteiger charge is -2.28. The lowest BCUT2D eigenvalue weighted by atomic mass is 9.89. The Hall–Kier alpha value is -1.82. The molecule has 7 heteroatoms. The molecule has 1 aromatic carbocycles. The number of hydrogen-bond donors (Lipinski definition) is 2. The van der Waals surface area contributed by atoms with E-state index in [-0.39, 0.29) is 30.7 Å². The largest absolute Gasteiger partial charge is 0.489 e. The minimum absolute atomic E-state index is 0. The van der Waals surface area contributed by atoms with Crippen molar-refractivity contribution in [1.29, 1.82) is 0 Å². The highest BCUT2D eigenvalue weighted by Crippen LogP contribution is 2.32. The standard InChI is InChI=1S/C21H25N3O2.2ClH/c25-21(11-16-9-18-6-7-19(10-16)23-18)24-17-4-1-5-20(12-17)26-14-15-3-2-8-22-13-15;;/h1-5,8,12-13,16,18-19,23H,6-7,9-11,14H2,(H,24,25);2*1H. The fraction of sp³-hybridized carbons (Fsp3) is 0.429. The van der Waals surface area contributed by atoms with Crippen molar-refractivity contribution in [3.8, 4) is 5.75 Å². The highest BCUT2D eigenvalue weighted by Gasteiger charge is 2.34. The number of fused-ring (bicyclic) bond motifs is 2. The van der Waals surface area contributed by atoms with Gasteiger partial charge in [0.25, 0.3) is 0 Å². The van der Waals surface area contributed by atoms with Gasteiger partial charge in [-0.05, 0) is 49.8 Å². The molecule has 0 aliphatic carbocycles. The summed E-state index contributed by atoms with van der Waals surface area (Å²) in [7, 11) is 0. The Labute approximate surface area is 178 Å². The van der Waals surface area contributed by atoms with Crippen LogP contribution in [0.15, 0.2) is 48.8 Å². The third-order valence-corrected chi connectivity index (χ3v) is 5.29. The first-order valence-electron chi connectivity index (χ1n) is 9.42. The summed E-state index contributed by atoms with van der Waals surface area (Å²) in [6, 6.07) is 12.7. The number of nitrogens with zero attached hydrogens (tertiary/aromatic N) is 1. The fourth-order valence-electron chi connectivity index (χ4n) is 4.13. The van der Waals surface area contributed by atoms with Gasteiger partial charge in [-0.2, -0.15) is 0 Å². The van der Waals surface area contributed by atoms with E-state index >= 15 is 0 Å². The number of carbonyl (C=O) groups is 1. The summed E-state index contributed by atoms with van der Waals surface area (Å²) in [6.45, 7) is 0.461. The van der Waals surface area contributed by atoms with Gasteiger partial charge in [0.1, 0.15) is 12.4 Å². The van der Waals surface area contributed by atoms with E-state index in [0.717, 1.165) is 29.8 Å². The lowest BCUT2D eigenvalue weighted by molar-refractivity contribution is -0.117. The summed E-state index contributed by atoms with van der Waals surface area (Å²) in [5.74, 6) is 1.34. The smallest absolute Gasteiger partial charge is 0.224 e. The minimum atomic E-state index is 0. The number of halogens is 2. The average molecular weight is 424 g/mol. The molecular weight excluding hydrogens is 397 g/mol. The molecule has 152 valence electrons. The van der Waals surface area contributed by atoms with Gasteiger partial charge in [0.2, 0.25) is 5.91 Å². The van der Waals surface area contributed by atoms with E-state index in [2.05, 4.69) is 15.6 Å². The molecule has 0 spiro atoms. The number of pyridine rings is 1. The van der Waals surface area contributed by atoms with Crippen molar-refractivity contribution in [2.75, 3.05) is 5.32 Å². The first kappa shape index (κ1) is 22.5. The predicted octanol–water partition coefficient (Wildman–Crippen LogP) is 4.36. The van der Waals surface area contributed by atoms with Crippen LogP contribution in [0.25, 0.3) is 0 Å². The van der Waals surface area contributed by atoms with Gasteiger partial charge in [0.05, 0.1) is 0 Å². The molecule has 2 aromatic rings. The number of rotatable bonds is 6. The summed E-state index contributed by atoms with van der Waals surface area (Å²) in [5.41, 5.74) is 1.80. The Morgan fingerprint density at radius 1 is 1.14 bits per heavy atom. The monoisotopic (exact) mass is 423 g/mol. The van der Waals surface area contributed by atoms with Crippen LogP contribution in [-0.4, -0.2) is 23.0 Å². The van der Waals surface area contributed by atoms with Gasteiger partial charge < -0.3 is 15.4 Å². The van der Waals surface area contributed by atoms with Gasteiger partial charge in [-0.15, -0.1) is 24.8 Å². The number of benzene rings is 1. The molecule has 4 rings (SSSR count). The molecule has 2 atom stereocenters. The fourth-order valence-corrected chi connectivity index (χ4v) is 4.13. The van der Waals surface area contributed by atoms with Crippen molar-refractivity contribution in [1.82, 2.24) is 10.3 Å². The second-order valence-corrected chi connectivity index (χ2v) is 7.41. The summed E-state index contributed by atoms with van der Waals surface area (Å²) in [5, 5.41) is 6.65. The minimum Gasteiger partial charge on any atom is -0.489 e. The van der Waals surface area contributed by atoms with Crippen molar-refractivity contribution >= 4 is 36.4 Å². The Morgan fingerprint density at radius 2 is 1.93 bits per heavy atom. The highest BCUT2D eigenvalue weighted by molar-refractivity contribution is 5.91. The number of amides is 1. The van der Waals surface area contributed by atoms with E-state index in [4.69, 9.17) is 4.74 Å². The summed E-state index contributed by atoms with van der Waals surface area (Å²) in [4.78, 5) is 16.5. The normalized spacial score (nSPS) is 22.5. The zero-order valence-corrected chi connectivity index (χ0v) is 17.3. The average Bonchev–Trinajstić information content (AvgIpc) is 2.99. The summed E-state index contributed by atoms with van der Waals surface area (Å²) < 4.78 is 5.80. The Bertz CT molecular complexity index is 748. The van der Waals surface area contributed by atoms with E-state index < -0.39 is 0 Å². The van der Waals surface area contributed by atoms with Gasteiger partial charge in [-0.1, -0.05) is 12.1 Å². The van der Waals surface area contributed by atoms with E-state index in [1.807, 2.05) is 36.4 Å². The highest BCUT2D eigenvalue weighted by atomic mass is 35.5. The quantitative estimate of drug-likeness (QED) is 0.723. The van der Waals surface area contributed by atoms with Crippen molar-refractivity contribution < 1.29 is 9.53 Å². The topological polar surface area (TPSA) is 63.2 Å². The molecule has 2 N–H and O–H groups in total. The van der Waals surface area contributed by atoms with Crippen LogP contribution in [0, 0.1) is 5.92 Å². The third kappa shape index (κ3) is 6.09. The van der Waals surface area contributed by atoms with Crippen molar-refractivity contribution in [3.63, 3.8) is 0 Å². The Balaban J connectivity index is 0.00000140. The van der Waals surface area contributed by atoms with Crippen molar-refractivity contribution in [2.24, 2.45) is 5.92 Å². The van der Waals surface area contributed by atoms with E-state index in [0.29, 0.717) is 31.0 Å². The summed E-state index contributed by atoms with van der Waals surface area (Å²) >= 11 is 0. The number of piperidine rings is 1. The molecule has 0 saturated carbocycles. The second kappa shape index (κ2) is 10.6. The van der Waals surface area contributed by atoms with Crippen LogP contribution in [0.1, 0.15) is 37.7 Å². The molecule has 2 fully saturated rings. The van der Waals surface area contributed by atoms with Crippen LogP contribution >= 0.6 is 24.8 Å². The predicted molar refractivity (Wildman–Crippen MR) is 115 cm³/mol. The SMILES string of the molecule is Cl.Cl.O=C(CC1CC2CCC(C1)N2)Nc1cccc(OCc2cccnc2)c1. The van der Waals surface area contributed by atoms with E-state index in [1.165, 1.54) is 12.8 Å². The number of carbonyl (C=O) groups excluding carboxylic acids is 1. The molecule has 1 aromatic heterocycles. The van der Waals surface area contributed by atoms with E-state index in [9.17, 15) is 4.79 Å². The molecule has 28 heavy (non-hydrogen) atoms. The number of ether oxygens (including phenoxy) is 1. The van der Waals surface area contributed by atoms with Crippen molar-refractivity contribution in [3.05, 3.63) is 54.4 Å². The van der Waals surface area contributed by atoms with E-state index in [1.54, 1.807) is 12.4 Å². The molecule has 2 aliphatic rings. The maximum absolute atomic E-state index is 12.4. The number of aromatic nitrogens is 1. The van der Waals surface area contributed by atoms with Crippen LogP contribution in [0.2, 0.25) is 0 Å². The molecular formula is C21H27Cl2N3O2. The maximum atomic E-state index is 12.4. The van der Waals surface area contributed by atoms with Gasteiger partial charge in [0.15, 0.2) is 0 Å². The third-order valence-electron chi connectivity index (χ3n) is 5.29. The zero-order valence-electron chi connectivity index (χ0n) is 15.7. The zero-order chi connectivity index (χ0) is 17.8. The van der Waals surface area contributed by atoms with Gasteiger partial charge in [-0.25, -0.2) is 0 Å². The number of hydrogen-bond acceptors (Lipinski definition) is 4. The van der Waals surface area contributed by atoms with Gasteiger partial charge in [-0.3, -0.25) is 9.78 Å². The Morgan fingerprint density at radius 3 is 2.64 bits per heavy atom. The first-order chi connectivity index (χ1) is 12.7. The van der Waals surface area contributed by atoms with Crippen LogP contribution < -0.4 is 15.4 Å². The van der Waals surface area contributed by atoms with Crippen LogP contribution in [0.4, 0.5) is 5.69 Å². The second-order valence-electron chi connectivity index (χ2n) is 7.41. The first-order valence-corrected chi connectivity index (χ1v) is 9.42. The molecule has 0 radical (unpaired) electrons. The number of anilines is 1. The van der Waals surface area contributed by atoms with Crippen LogP contribution in [-0.2, 0) is 11.4 Å². The van der Waals surface area contributed by atoms with Crippen LogP contribution in [0.5, 0.6) is 5.75 Å². The summed E-state index contributed by atoms with van der Waals surface area (Å²) in [6.07, 6.45) is 8.91. The molecule has 2 bridgehead atoms. The van der Waals surface area contributed by atoms with Gasteiger partial charge >= 0.3 is 0 Å². The molecule has 2 aliphatic heterocycles. The molecule has 1 amide bonds. The Kier molecular flexibility index (Phi) is 8.55. The van der Waals surface area contributed by atoms with Gasteiger partial charge in [0, 0.05) is 48.2 Å². The molecule has 2 unspecified atom stereocenters.